The third-order valence-corrected chi connectivity index (χ3v) is 5.28. The average Bonchev–Trinajstić information content (AvgIpc) is 3.06. The molecule has 2 aliphatic heterocycles. The second-order valence-electron chi connectivity index (χ2n) is 6.96. The highest BCUT2D eigenvalue weighted by atomic mass is 35.5. The first-order valence-corrected chi connectivity index (χ1v) is 9.77. The topological polar surface area (TPSA) is 55.9 Å². The molecule has 1 aromatic carbocycles. The van der Waals surface area contributed by atoms with Crippen LogP contribution >= 0.6 is 11.6 Å². The zero-order valence-electron chi connectivity index (χ0n) is 15.1. The molecule has 7 heteroatoms. The summed E-state index contributed by atoms with van der Waals surface area (Å²) >= 11 is 5.92. The molecule has 0 spiro atoms. The van der Waals surface area contributed by atoms with Crippen molar-refractivity contribution in [3.8, 4) is 0 Å². The third-order valence-electron chi connectivity index (χ3n) is 5.03. The van der Waals surface area contributed by atoms with Gasteiger partial charge in [-0.3, -0.25) is 9.69 Å². The van der Waals surface area contributed by atoms with E-state index in [1.54, 1.807) is 0 Å². The van der Waals surface area contributed by atoms with Crippen LogP contribution in [-0.2, 0) is 11.3 Å². The molecule has 1 aromatic rings. The monoisotopic (exact) mass is 378 g/mol. The molecule has 2 saturated heterocycles. The Balaban J connectivity index is 1.31. The molecular formula is C19H27ClN4O2. The van der Waals surface area contributed by atoms with Crippen LogP contribution in [0.15, 0.2) is 24.3 Å². The van der Waals surface area contributed by atoms with Crippen molar-refractivity contribution in [3.05, 3.63) is 34.9 Å². The van der Waals surface area contributed by atoms with E-state index >= 15 is 0 Å². The number of hydrogen-bond acceptors (Lipinski definition) is 3. The minimum absolute atomic E-state index is 0.00360. The lowest BCUT2D eigenvalue weighted by atomic mass is 10.2. The first kappa shape index (κ1) is 19.0. The molecule has 3 rings (SSSR count). The summed E-state index contributed by atoms with van der Waals surface area (Å²) in [5.41, 5.74) is 1.24. The summed E-state index contributed by atoms with van der Waals surface area (Å²) in [5.74, 6) is 0.244. The quantitative estimate of drug-likeness (QED) is 0.772. The van der Waals surface area contributed by atoms with E-state index in [2.05, 4.69) is 10.2 Å². The Morgan fingerprint density at radius 1 is 1.08 bits per heavy atom. The van der Waals surface area contributed by atoms with Crippen LogP contribution in [-0.4, -0.2) is 72.5 Å². The van der Waals surface area contributed by atoms with Gasteiger partial charge in [0.1, 0.15) is 0 Å². The van der Waals surface area contributed by atoms with E-state index in [0.717, 1.165) is 63.7 Å². The number of benzene rings is 1. The van der Waals surface area contributed by atoms with Crippen molar-refractivity contribution in [3.63, 3.8) is 0 Å². The fraction of sp³-hybridized carbons (Fsp3) is 0.579. The van der Waals surface area contributed by atoms with Gasteiger partial charge in [-0.15, -0.1) is 0 Å². The summed E-state index contributed by atoms with van der Waals surface area (Å²) in [7, 11) is 0. The standard InChI is InChI=1S/C19H27ClN4O2/c20-17-6-4-16(5-7-17)15-22-11-13-24(14-12-22)19(26)21-8-2-10-23-9-1-3-18(23)25/h4-7H,1-3,8-15H2,(H,21,26). The van der Waals surface area contributed by atoms with Crippen LogP contribution in [0.1, 0.15) is 24.8 Å². The molecule has 0 unspecified atom stereocenters. The van der Waals surface area contributed by atoms with Gasteiger partial charge in [-0.05, 0) is 30.5 Å². The van der Waals surface area contributed by atoms with Gasteiger partial charge in [0.15, 0.2) is 0 Å². The second kappa shape index (κ2) is 9.24. The van der Waals surface area contributed by atoms with Gasteiger partial charge in [0.2, 0.25) is 5.91 Å². The number of piperazine rings is 1. The first-order chi connectivity index (χ1) is 12.6. The van der Waals surface area contributed by atoms with Gasteiger partial charge in [0, 0.05) is 63.8 Å². The minimum Gasteiger partial charge on any atom is -0.343 e. The fourth-order valence-electron chi connectivity index (χ4n) is 3.47. The lowest BCUT2D eigenvalue weighted by molar-refractivity contribution is -0.127. The summed E-state index contributed by atoms with van der Waals surface area (Å²) in [6.07, 6.45) is 2.45. The molecule has 1 N–H and O–H groups in total. The van der Waals surface area contributed by atoms with Crippen molar-refractivity contribution >= 4 is 23.5 Å². The summed E-state index contributed by atoms with van der Waals surface area (Å²) in [5, 5.41) is 3.73. The van der Waals surface area contributed by atoms with Crippen LogP contribution in [0.25, 0.3) is 0 Å². The molecule has 0 bridgehead atoms. The SMILES string of the molecule is O=C1CCCN1CCCNC(=O)N1CCN(Cc2ccc(Cl)cc2)CC1. The van der Waals surface area contributed by atoms with Gasteiger partial charge in [-0.2, -0.15) is 0 Å². The van der Waals surface area contributed by atoms with E-state index in [4.69, 9.17) is 11.6 Å². The Kier molecular flexibility index (Phi) is 6.74. The van der Waals surface area contributed by atoms with Crippen LogP contribution in [0.4, 0.5) is 4.79 Å². The molecule has 0 aromatic heterocycles. The molecule has 3 amide bonds. The zero-order valence-corrected chi connectivity index (χ0v) is 15.9. The lowest BCUT2D eigenvalue weighted by Gasteiger charge is -2.34. The van der Waals surface area contributed by atoms with Crippen LogP contribution in [0.3, 0.4) is 0 Å². The molecule has 0 saturated carbocycles. The van der Waals surface area contributed by atoms with E-state index in [1.165, 1.54) is 5.56 Å². The summed E-state index contributed by atoms with van der Waals surface area (Å²) in [6, 6.07) is 7.93. The van der Waals surface area contributed by atoms with Crippen molar-refractivity contribution in [2.24, 2.45) is 0 Å². The molecular weight excluding hydrogens is 352 g/mol. The van der Waals surface area contributed by atoms with Crippen molar-refractivity contribution < 1.29 is 9.59 Å². The number of carbonyl (C=O) groups is 2. The maximum Gasteiger partial charge on any atom is 0.317 e. The van der Waals surface area contributed by atoms with Crippen LogP contribution in [0, 0.1) is 0 Å². The summed E-state index contributed by atoms with van der Waals surface area (Å²) in [4.78, 5) is 29.9. The molecule has 2 aliphatic rings. The highest BCUT2D eigenvalue weighted by Gasteiger charge is 2.22. The maximum atomic E-state index is 12.3. The van der Waals surface area contributed by atoms with Crippen molar-refractivity contribution in [1.29, 1.82) is 0 Å². The van der Waals surface area contributed by atoms with Gasteiger partial charge in [-0.25, -0.2) is 4.79 Å². The largest absolute Gasteiger partial charge is 0.343 e. The van der Waals surface area contributed by atoms with Crippen molar-refractivity contribution in [1.82, 2.24) is 20.0 Å². The van der Waals surface area contributed by atoms with E-state index < -0.39 is 0 Å². The Bertz CT molecular complexity index is 614. The summed E-state index contributed by atoms with van der Waals surface area (Å²) in [6.45, 7) is 6.34. The smallest absolute Gasteiger partial charge is 0.317 e. The van der Waals surface area contributed by atoms with Gasteiger partial charge < -0.3 is 15.1 Å². The van der Waals surface area contributed by atoms with Gasteiger partial charge in [0.05, 0.1) is 0 Å². The fourth-order valence-corrected chi connectivity index (χ4v) is 3.60. The zero-order chi connectivity index (χ0) is 18.4. The number of rotatable bonds is 6. The maximum absolute atomic E-state index is 12.3. The van der Waals surface area contributed by atoms with Gasteiger partial charge >= 0.3 is 6.03 Å². The van der Waals surface area contributed by atoms with Crippen LogP contribution in [0.5, 0.6) is 0 Å². The Morgan fingerprint density at radius 2 is 1.81 bits per heavy atom. The third kappa shape index (κ3) is 5.35. The van der Waals surface area contributed by atoms with E-state index in [0.29, 0.717) is 13.0 Å². The molecule has 0 radical (unpaired) electrons. The van der Waals surface area contributed by atoms with Crippen molar-refractivity contribution in [2.75, 3.05) is 45.8 Å². The number of nitrogens with zero attached hydrogens (tertiary/aromatic N) is 3. The number of likely N-dealkylation sites (tertiary alicyclic amines) is 1. The molecule has 26 heavy (non-hydrogen) atoms. The van der Waals surface area contributed by atoms with E-state index in [9.17, 15) is 9.59 Å². The molecule has 142 valence electrons. The van der Waals surface area contributed by atoms with Crippen LogP contribution < -0.4 is 5.32 Å². The molecule has 2 heterocycles. The predicted molar refractivity (Wildman–Crippen MR) is 102 cm³/mol. The molecule has 0 atom stereocenters. The number of hydrogen-bond donors (Lipinski definition) is 1. The summed E-state index contributed by atoms with van der Waals surface area (Å²) < 4.78 is 0. The Morgan fingerprint density at radius 3 is 2.46 bits per heavy atom. The molecule has 6 nitrogen and oxygen atoms in total. The van der Waals surface area contributed by atoms with Gasteiger partial charge in [0.25, 0.3) is 0 Å². The highest BCUT2D eigenvalue weighted by molar-refractivity contribution is 6.30. The molecule has 2 fully saturated rings. The normalized spacial score (nSPS) is 18.4. The van der Waals surface area contributed by atoms with Crippen LogP contribution in [0.2, 0.25) is 5.02 Å². The second-order valence-corrected chi connectivity index (χ2v) is 7.40. The van der Waals surface area contributed by atoms with E-state index in [1.807, 2.05) is 34.1 Å². The average molecular weight is 379 g/mol. The number of carbonyl (C=O) groups excluding carboxylic acids is 2. The Hall–Kier alpha value is -1.79. The number of nitrogens with one attached hydrogen (secondary N) is 1. The number of halogens is 1. The van der Waals surface area contributed by atoms with Crippen molar-refractivity contribution in [2.45, 2.75) is 25.8 Å². The highest BCUT2D eigenvalue weighted by Crippen LogP contribution is 2.13. The van der Waals surface area contributed by atoms with Gasteiger partial charge in [-0.1, -0.05) is 23.7 Å². The number of amides is 3. The Labute approximate surface area is 160 Å². The van der Waals surface area contributed by atoms with E-state index in [-0.39, 0.29) is 11.9 Å². The molecule has 0 aliphatic carbocycles. The lowest BCUT2D eigenvalue weighted by Crippen LogP contribution is -2.51. The minimum atomic E-state index is 0.00360. The first-order valence-electron chi connectivity index (χ1n) is 9.39. The number of urea groups is 1. The predicted octanol–water partition coefficient (Wildman–Crippen LogP) is 2.18.